The van der Waals surface area contributed by atoms with Crippen LogP contribution in [0.25, 0.3) is 0 Å². The summed E-state index contributed by atoms with van der Waals surface area (Å²) < 4.78 is 5.45. The molecule has 6 heteroatoms. The zero-order valence-electron chi connectivity index (χ0n) is 18.0. The van der Waals surface area contributed by atoms with Crippen LogP contribution in [0.2, 0.25) is 0 Å². The van der Waals surface area contributed by atoms with E-state index in [1.807, 2.05) is 11.0 Å². The molecule has 1 saturated carbocycles. The average molecular weight is 414 g/mol. The van der Waals surface area contributed by atoms with Gasteiger partial charge in [0.25, 0.3) is 0 Å². The molecule has 3 aliphatic rings. The normalized spacial score (nSPS) is 23.5. The van der Waals surface area contributed by atoms with Crippen LogP contribution in [-0.2, 0) is 27.4 Å². The Kier molecular flexibility index (Phi) is 7.39. The van der Waals surface area contributed by atoms with E-state index in [2.05, 4.69) is 28.4 Å². The molecule has 3 fully saturated rings. The SMILES string of the molecule is O=C(NCc1ccccc1CN1CCOCC1)[C@@H]1CCCN1C(=O)C1CCCCC1. The van der Waals surface area contributed by atoms with Crippen molar-refractivity contribution in [2.75, 3.05) is 32.8 Å². The number of morpholine rings is 1. The maximum absolute atomic E-state index is 13.0. The summed E-state index contributed by atoms with van der Waals surface area (Å²) in [5.41, 5.74) is 2.40. The van der Waals surface area contributed by atoms with E-state index in [0.717, 1.165) is 83.5 Å². The second kappa shape index (κ2) is 10.4. The van der Waals surface area contributed by atoms with Crippen molar-refractivity contribution in [1.29, 1.82) is 0 Å². The maximum atomic E-state index is 13.0. The molecule has 0 unspecified atom stereocenters. The molecule has 0 aromatic heterocycles. The van der Waals surface area contributed by atoms with E-state index in [1.165, 1.54) is 12.0 Å². The predicted molar refractivity (Wildman–Crippen MR) is 116 cm³/mol. The van der Waals surface area contributed by atoms with Gasteiger partial charge in [-0.1, -0.05) is 43.5 Å². The van der Waals surface area contributed by atoms with Crippen molar-refractivity contribution in [3.63, 3.8) is 0 Å². The molecule has 2 saturated heterocycles. The van der Waals surface area contributed by atoms with Crippen molar-refractivity contribution >= 4 is 11.8 Å². The predicted octanol–water partition coefficient (Wildman–Crippen LogP) is 2.71. The second-order valence-corrected chi connectivity index (χ2v) is 8.90. The first-order valence-corrected chi connectivity index (χ1v) is 11.7. The fourth-order valence-electron chi connectivity index (χ4n) is 5.07. The van der Waals surface area contributed by atoms with Gasteiger partial charge in [0, 0.05) is 38.6 Å². The van der Waals surface area contributed by atoms with E-state index in [1.54, 1.807) is 0 Å². The van der Waals surface area contributed by atoms with Crippen molar-refractivity contribution < 1.29 is 14.3 Å². The van der Waals surface area contributed by atoms with Crippen molar-refractivity contribution in [1.82, 2.24) is 15.1 Å². The summed E-state index contributed by atoms with van der Waals surface area (Å²) in [7, 11) is 0. The molecule has 164 valence electrons. The minimum atomic E-state index is -0.300. The van der Waals surface area contributed by atoms with E-state index < -0.39 is 0 Å². The van der Waals surface area contributed by atoms with Gasteiger partial charge in [-0.2, -0.15) is 0 Å². The number of nitrogens with one attached hydrogen (secondary N) is 1. The molecule has 1 N–H and O–H groups in total. The van der Waals surface area contributed by atoms with Gasteiger partial charge in [0.05, 0.1) is 13.2 Å². The Morgan fingerprint density at radius 3 is 2.43 bits per heavy atom. The van der Waals surface area contributed by atoms with Gasteiger partial charge in [-0.25, -0.2) is 0 Å². The van der Waals surface area contributed by atoms with E-state index in [4.69, 9.17) is 4.74 Å². The summed E-state index contributed by atoms with van der Waals surface area (Å²) in [6.07, 6.45) is 7.18. The highest BCUT2D eigenvalue weighted by atomic mass is 16.5. The summed E-state index contributed by atoms with van der Waals surface area (Å²) in [5.74, 6) is 0.333. The van der Waals surface area contributed by atoms with Crippen LogP contribution in [0, 0.1) is 5.92 Å². The van der Waals surface area contributed by atoms with Gasteiger partial charge < -0.3 is 15.0 Å². The van der Waals surface area contributed by atoms with Crippen molar-refractivity contribution in [3.8, 4) is 0 Å². The highest BCUT2D eigenvalue weighted by molar-refractivity contribution is 5.89. The molecule has 2 heterocycles. The summed E-state index contributed by atoms with van der Waals surface area (Å²) in [4.78, 5) is 30.2. The third-order valence-corrected chi connectivity index (χ3v) is 6.86. The number of amides is 2. The highest BCUT2D eigenvalue weighted by Crippen LogP contribution is 2.29. The monoisotopic (exact) mass is 413 g/mol. The average Bonchev–Trinajstić information content (AvgIpc) is 3.29. The highest BCUT2D eigenvalue weighted by Gasteiger charge is 2.37. The molecule has 1 aliphatic carbocycles. The maximum Gasteiger partial charge on any atom is 0.243 e. The fraction of sp³-hybridized carbons (Fsp3) is 0.667. The molecule has 0 spiro atoms. The molecule has 2 aliphatic heterocycles. The van der Waals surface area contributed by atoms with Gasteiger partial charge in [0.15, 0.2) is 0 Å². The largest absolute Gasteiger partial charge is 0.379 e. The molecule has 30 heavy (non-hydrogen) atoms. The van der Waals surface area contributed by atoms with Gasteiger partial charge in [-0.05, 0) is 36.8 Å². The van der Waals surface area contributed by atoms with Crippen LogP contribution < -0.4 is 5.32 Å². The van der Waals surface area contributed by atoms with Crippen LogP contribution in [0.4, 0.5) is 0 Å². The lowest BCUT2D eigenvalue weighted by Gasteiger charge is -2.30. The molecule has 6 nitrogen and oxygen atoms in total. The van der Waals surface area contributed by atoms with Gasteiger partial charge in [-0.3, -0.25) is 14.5 Å². The van der Waals surface area contributed by atoms with Crippen molar-refractivity contribution in [2.45, 2.75) is 64.1 Å². The van der Waals surface area contributed by atoms with E-state index in [9.17, 15) is 9.59 Å². The van der Waals surface area contributed by atoms with Gasteiger partial charge >= 0.3 is 0 Å². The zero-order valence-corrected chi connectivity index (χ0v) is 18.0. The fourth-order valence-corrected chi connectivity index (χ4v) is 5.07. The lowest BCUT2D eigenvalue weighted by atomic mass is 9.88. The number of nitrogens with zero attached hydrogens (tertiary/aromatic N) is 2. The smallest absolute Gasteiger partial charge is 0.243 e. The van der Waals surface area contributed by atoms with Crippen LogP contribution in [-0.4, -0.2) is 60.5 Å². The summed E-state index contributed by atoms with van der Waals surface area (Å²) in [5, 5.41) is 3.13. The molecular weight excluding hydrogens is 378 g/mol. The number of carbonyl (C=O) groups is 2. The molecule has 4 rings (SSSR count). The van der Waals surface area contributed by atoms with Crippen LogP contribution >= 0.6 is 0 Å². The number of rotatable bonds is 6. The molecule has 0 radical (unpaired) electrons. The van der Waals surface area contributed by atoms with Crippen LogP contribution in [0.15, 0.2) is 24.3 Å². The summed E-state index contributed by atoms with van der Waals surface area (Å²) in [6, 6.07) is 8.02. The zero-order chi connectivity index (χ0) is 20.8. The number of hydrogen-bond acceptors (Lipinski definition) is 4. The number of ether oxygens (including phenoxy) is 1. The van der Waals surface area contributed by atoms with Gasteiger partial charge in [0.1, 0.15) is 6.04 Å². The molecule has 2 amide bonds. The van der Waals surface area contributed by atoms with E-state index in [0.29, 0.717) is 6.54 Å². The van der Waals surface area contributed by atoms with E-state index in [-0.39, 0.29) is 23.8 Å². The van der Waals surface area contributed by atoms with Crippen LogP contribution in [0.5, 0.6) is 0 Å². The molecule has 1 atom stereocenters. The lowest BCUT2D eigenvalue weighted by Crippen LogP contribution is -2.48. The standard InChI is InChI=1S/C24H35N3O3/c28-23(22-11-6-12-27(22)24(29)19-7-2-1-3-8-19)25-17-20-9-4-5-10-21(20)18-26-13-15-30-16-14-26/h4-5,9-10,19,22H,1-3,6-8,11-18H2,(H,25,28)/t22-/m0/s1. The topological polar surface area (TPSA) is 61.9 Å². The minimum absolute atomic E-state index is 0.00200. The number of benzene rings is 1. The third-order valence-electron chi connectivity index (χ3n) is 6.86. The molecular formula is C24H35N3O3. The Hall–Kier alpha value is -1.92. The van der Waals surface area contributed by atoms with Crippen LogP contribution in [0.1, 0.15) is 56.1 Å². The van der Waals surface area contributed by atoms with Gasteiger partial charge in [0.2, 0.25) is 11.8 Å². The van der Waals surface area contributed by atoms with E-state index >= 15 is 0 Å². The first-order chi connectivity index (χ1) is 14.7. The van der Waals surface area contributed by atoms with Crippen molar-refractivity contribution in [3.05, 3.63) is 35.4 Å². The third kappa shape index (κ3) is 5.22. The molecule has 1 aromatic carbocycles. The number of hydrogen-bond donors (Lipinski definition) is 1. The van der Waals surface area contributed by atoms with Gasteiger partial charge in [-0.15, -0.1) is 0 Å². The van der Waals surface area contributed by atoms with Crippen LogP contribution in [0.3, 0.4) is 0 Å². The lowest BCUT2D eigenvalue weighted by molar-refractivity contribution is -0.142. The first kappa shape index (κ1) is 21.3. The second-order valence-electron chi connectivity index (χ2n) is 8.90. The Morgan fingerprint density at radius 2 is 1.67 bits per heavy atom. The quantitative estimate of drug-likeness (QED) is 0.779. The molecule has 1 aromatic rings. The number of likely N-dealkylation sites (tertiary alicyclic amines) is 1. The Labute approximate surface area is 179 Å². The Balaban J connectivity index is 1.34. The molecule has 0 bridgehead atoms. The number of carbonyl (C=O) groups excluding carboxylic acids is 2. The first-order valence-electron chi connectivity index (χ1n) is 11.7. The summed E-state index contributed by atoms with van der Waals surface area (Å²) >= 11 is 0. The Morgan fingerprint density at radius 1 is 0.933 bits per heavy atom. The Bertz CT molecular complexity index is 726. The van der Waals surface area contributed by atoms with Crippen molar-refractivity contribution in [2.24, 2.45) is 5.92 Å². The summed E-state index contributed by atoms with van der Waals surface area (Å²) in [6.45, 7) is 5.58. The minimum Gasteiger partial charge on any atom is -0.379 e.